The lowest BCUT2D eigenvalue weighted by Crippen LogP contribution is -2.07. The fourth-order valence-electron chi connectivity index (χ4n) is 0.967. The minimum atomic E-state index is -2.54. The zero-order valence-corrected chi connectivity index (χ0v) is 7.04. The van der Waals surface area contributed by atoms with E-state index in [1.54, 1.807) is 0 Å². The van der Waals surface area contributed by atoms with Crippen LogP contribution in [0.4, 0.5) is 8.78 Å². The van der Waals surface area contributed by atoms with Gasteiger partial charge in [-0.15, -0.1) is 10.2 Å². The van der Waals surface area contributed by atoms with Gasteiger partial charge in [-0.1, -0.05) is 13.8 Å². The molecular weight excluding hydrogens is 164 g/mol. The first-order valence-electron chi connectivity index (χ1n) is 3.77. The van der Waals surface area contributed by atoms with Crippen molar-refractivity contribution >= 4 is 0 Å². The Hall–Kier alpha value is -1.00. The van der Waals surface area contributed by atoms with Gasteiger partial charge in [-0.05, 0) is 5.92 Å². The molecule has 0 unspecified atom stereocenters. The lowest BCUT2D eigenvalue weighted by Gasteiger charge is -2.07. The Morgan fingerprint density at radius 2 is 2.17 bits per heavy atom. The molecule has 0 bridgehead atoms. The van der Waals surface area contributed by atoms with Crippen molar-refractivity contribution in [2.45, 2.75) is 26.8 Å². The maximum atomic E-state index is 12.2. The summed E-state index contributed by atoms with van der Waals surface area (Å²) in [7, 11) is 0. The molecule has 3 nitrogen and oxygen atoms in total. The highest BCUT2D eigenvalue weighted by Crippen LogP contribution is 2.16. The number of hydrogen-bond donors (Lipinski definition) is 0. The third-order valence-corrected chi connectivity index (χ3v) is 1.40. The molecule has 0 aromatic carbocycles. The molecule has 0 radical (unpaired) electrons. The summed E-state index contributed by atoms with van der Waals surface area (Å²) in [5.41, 5.74) is 0. The largest absolute Gasteiger partial charge is 0.313 e. The minimum Gasteiger partial charge on any atom is -0.313 e. The van der Waals surface area contributed by atoms with Crippen LogP contribution in [0, 0.1) is 5.92 Å². The van der Waals surface area contributed by atoms with E-state index in [-0.39, 0.29) is 5.82 Å². The van der Waals surface area contributed by atoms with E-state index >= 15 is 0 Å². The fraction of sp³-hybridized carbons (Fsp3) is 0.714. The van der Waals surface area contributed by atoms with Crippen LogP contribution in [-0.4, -0.2) is 14.8 Å². The van der Waals surface area contributed by atoms with Crippen LogP contribution in [0.3, 0.4) is 0 Å². The highest BCUT2D eigenvalue weighted by Gasteiger charge is 2.15. The van der Waals surface area contributed by atoms with Crippen LogP contribution >= 0.6 is 0 Å². The zero-order valence-electron chi connectivity index (χ0n) is 7.04. The molecule has 0 spiro atoms. The standard InChI is InChI=1S/C7H11F2N3/c1-5(2)3-12-4-10-11-7(12)6(8)9/h4-6H,3H2,1-2H3. The Bertz CT molecular complexity index is 245. The van der Waals surface area contributed by atoms with Gasteiger partial charge in [0.15, 0.2) is 5.82 Å². The summed E-state index contributed by atoms with van der Waals surface area (Å²) in [5, 5.41) is 6.76. The molecule has 1 heterocycles. The van der Waals surface area contributed by atoms with E-state index in [1.165, 1.54) is 10.9 Å². The van der Waals surface area contributed by atoms with Crippen LogP contribution in [0.5, 0.6) is 0 Å². The summed E-state index contributed by atoms with van der Waals surface area (Å²) in [4.78, 5) is 0. The monoisotopic (exact) mass is 175 g/mol. The Morgan fingerprint density at radius 1 is 1.50 bits per heavy atom. The Labute approximate surface area is 69.4 Å². The van der Waals surface area contributed by atoms with Gasteiger partial charge in [-0.3, -0.25) is 0 Å². The molecule has 12 heavy (non-hydrogen) atoms. The van der Waals surface area contributed by atoms with Gasteiger partial charge in [0, 0.05) is 6.54 Å². The first kappa shape index (κ1) is 9.09. The summed E-state index contributed by atoms with van der Waals surface area (Å²) >= 11 is 0. The molecule has 0 aliphatic heterocycles. The van der Waals surface area contributed by atoms with Crippen LogP contribution < -0.4 is 0 Å². The Balaban J connectivity index is 2.77. The molecule has 0 atom stereocenters. The second-order valence-electron chi connectivity index (χ2n) is 3.04. The molecule has 0 saturated carbocycles. The molecule has 0 N–H and O–H groups in total. The molecule has 0 amide bonds. The van der Waals surface area contributed by atoms with Gasteiger partial charge in [0.25, 0.3) is 6.43 Å². The van der Waals surface area contributed by atoms with Gasteiger partial charge in [-0.25, -0.2) is 8.78 Å². The molecule has 0 fully saturated rings. The van der Waals surface area contributed by atoms with E-state index in [2.05, 4.69) is 10.2 Å². The van der Waals surface area contributed by atoms with Gasteiger partial charge in [0.1, 0.15) is 6.33 Å². The maximum absolute atomic E-state index is 12.2. The first-order valence-corrected chi connectivity index (χ1v) is 3.77. The average Bonchev–Trinajstić information content (AvgIpc) is 2.33. The van der Waals surface area contributed by atoms with Gasteiger partial charge in [-0.2, -0.15) is 0 Å². The highest BCUT2D eigenvalue weighted by molar-refractivity contribution is 4.86. The predicted octanol–water partition coefficient (Wildman–Crippen LogP) is 1.87. The highest BCUT2D eigenvalue weighted by atomic mass is 19.3. The molecule has 5 heteroatoms. The molecular formula is C7H11F2N3. The Morgan fingerprint density at radius 3 is 2.67 bits per heavy atom. The fourth-order valence-corrected chi connectivity index (χ4v) is 0.967. The normalized spacial score (nSPS) is 11.5. The quantitative estimate of drug-likeness (QED) is 0.702. The molecule has 0 saturated heterocycles. The molecule has 0 aliphatic carbocycles. The van der Waals surface area contributed by atoms with Crippen molar-refractivity contribution < 1.29 is 8.78 Å². The van der Waals surface area contributed by atoms with Gasteiger partial charge in [0.05, 0.1) is 0 Å². The van der Waals surface area contributed by atoms with Crippen LogP contribution in [0.15, 0.2) is 6.33 Å². The third-order valence-electron chi connectivity index (χ3n) is 1.40. The number of nitrogens with zero attached hydrogens (tertiary/aromatic N) is 3. The number of hydrogen-bond acceptors (Lipinski definition) is 2. The second kappa shape index (κ2) is 3.60. The lowest BCUT2D eigenvalue weighted by atomic mass is 10.2. The van der Waals surface area contributed by atoms with E-state index in [0.717, 1.165) is 0 Å². The minimum absolute atomic E-state index is 0.247. The second-order valence-corrected chi connectivity index (χ2v) is 3.04. The predicted molar refractivity (Wildman–Crippen MR) is 39.8 cm³/mol. The number of alkyl halides is 2. The van der Waals surface area contributed by atoms with Crippen molar-refractivity contribution in [3.8, 4) is 0 Å². The first-order chi connectivity index (χ1) is 5.61. The zero-order chi connectivity index (χ0) is 9.14. The molecule has 1 aromatic rings. The van der Waals surface area contributed by atoms with E-state index in [1.807, 2.05) is 13.8 Å². The third kappa shape index (κ3) is 1.99. The summed E-state index contributed by atoms with van der Waals surface area (Å²) in [6.07, 6.45) is -1.20. The lowest BCUT2D eigenvalue weighted by molar-refractivity contribution is 0.133. The van der Waals surface area contributed by atoms with Crippen molar-refractivity contribution in [2.75, 3.05) is 0 Å². The van der Waals surface area contributed by atoms with Crippen LogP contribution in [-0.2, 0) is 6.54 Å². The maximum Gasteiger partial charge on any atom is 0.297 e. The van der Waals surface area contributed by atoms with Crippen molar-refractivity contribution in [3.05, 3.63) is 12.2 Å². The summed E-state index contributed by atoms with van der Waals surface area (Å²) in [5.74, 6) is 0.0715. The summed E-state index contributed by atoms with van der Waals surface area (Å²) in [6.45, 7) is 4.44. The van der Waals surface area contributed by atoms with Crippen LogP contribution in [0.1, 0.15) is 26.1 Å². The van der Waals surface area contributed by atoms with Gasteiger partial charge in [0.2, 0.25) is 0 Å². The van der Waals surface area contributed by atoms with E-state index in [9.17, 15) is 8.78 Å². The van der Waals surface area contributed by atoms with Crippen molar-refractivity contribution in [1.29, 1.82) is 0 Å². The van der Waals surface area contributed by atoms with Crippen molar-refractivity contribution in [1.82, 2.24) is 14.8 Å². The smallest absolute Gasteiger partial charge is 0.297 e. The molecule has 68 valence electrons. The topological polar surface area (TPSA) is 30.7 Å². The average molecular weight is 175 g/mol. The van der Waals surface area contributed by atoms with Gasteiger partial charge < -0.3 is 4.57 Å². The van der Waals surface area contributed by atoms with Crippen molar-refractivity contribution in [2.24, 2.45) is 5.92 Å². The number of rotatable bonds is 3. The SMILES string of the molecule is CC(C)Cn1cnnc1C(F)F. The summed E-state index contributed by atoms with van der Waals surface area (Å²) in [6, 6.07) is 0. The summed E-state index contributed by atoms with van der Waals surface area (Å²) < 4.78 is 25.8. The molecule has 0 aliphatic rings. The van der Waals surface area contributed by atoms with Gasteiger partial charge >= 0.3 is 0 Å². The van der Waals surface area contributed by atoms with Crippen LogP contribution in [0.2, 0.25) is 0 Å². The molecule has 1 aromatic heterocycles. The van der Waals surface area contributed by atoms with Crippen molar-refractivity contribution in [3.63, 3.8) is 0 Å². The number of halogens is 2. The van der Waals surface area contributed by atoms with E-state index in [0.29, 0.717) is 12.5 Å². The van der Waals surface area contributed by atoms with E-state index < -0.39 is 6.43 Å². The van der Waals surface area contributed by atoms with Crippen LogP contribution in [0.25, 0.3) is 0 Å². The van der Waals surface area contributed by atoms with E-state index in [4.69, 9.17) is 0 Å². The number of aromatic nitrogens is 3. The molecule has 1 rings (SSSR count). The Kier molecular flexibility index (Phi) is 2.73.